The maximum absolute atomic E-state index is 12.4. The van der Waals surface area contributed by atoms with Gasteiger partial charge in [0.2, 0.25) is 5.91 Å². The van der Waals surface area contributed by atoms with E-state index >= 15 is 0 Å². The number of nitrogens with one attached hydrogen (secondary N) is 1. The number of carbonyl (C=O) groups is 1. The Balaban J connectivity index is 0.00000208. The smallest absolute Gasteiger partial charge is 0.277 e. The summed E-state index contributed by atoms with van der Waals surface area (Å²) in [5, 5.41) is 11.6. The molecule has 1 saturated heterocycles. The first kappa shape index (κ1) is 18.4. The number of hydrogen-bond donors (Lipinski definition) is 1. The molecular formula is C16H22ClN5O2. The number of halogens is 1. The summed E-state index contributed by atoms with van der Waals surface area (Å²) in [5.41, 5.74) is 0.380. The second kappa shape index (κ2) is 8.21. The van der Waals surface area contributed by atoms with Crippen LogP contribution >= 0.6 is 12.4 Å². The third-order valence-electron chi connectivity index (χ3n) is 4.30. The Labute approximate surface area is 146 Å². The topological polar surface area (TPSA) is 80.1 Å². The molecule has 1 amide bonds. The fourth-order valence-electron chi connectivity index (χ4n) is 3.13. The Morgan fingerprint density at radius 2 is 2.17 bits per heavy atom. The van der Waals surface area contributed by atoms with Crippen molar-refractivity contribution in [3.05, 3.63) is 34.6 Å². The summed E-state index contributed by atoms with van der Waals surface area (Å²) in [4.78, 5) is 26.7. The second-order valence-electron chi connectivity index (χ2n) is 5.83. The number of amides is 1. The molecule has 1 fully saturated rings. The molecule has 7 nitrogen and oxygen atoms in total. The van der Waals surface area contributed by atoms with Crippen molar-refractivity contribution in [2.45, 2.75) is 31.8 Å². The summed E-state index contributed by atoms with van der Waals surface area (Å²) in [6.07, 6.45) is 2.34. The highest BCUT2D eigenvalue weighted by Gasteiger charge is 2.27. The van der Waals surface area contributed by atoms with Crippen molar-refractivity contribution in [1.82, 2.24) is 25.2 Å². The van der Waals surface area contributed by atoms with Crippen molar-refractivity contribution in [3.8, 4) is 0 Å². The zero-order valence-electron chi connectivity index (χ0n) is 13.6. The van der Waals surface area contributed by atoms with E-state index in [9.17, 15) is 9.59 Å². The van der Waals surface area contributed by atoms with E-state index in [1.54, 1.807) is 18.2 Å². The summed E-state index contributed by atoms with van der Waals surface area (Å²) in [6, 6.07) is 7.36. The van der Waals surface area contributed by atoms with Crippen LogP contribution in [-0.2, 0) is 11.3 Å². The van der Waals surface area contributed by atoms with Crippen LogP contribution in [0.4, 0.5) is 0 Å². The van der Waals surface area contributed by atoms with Crippen molar-refractivity contribution in [3.63, 3.8) is 0 Å². The van der Waals surface area contributed by atoms with Gasteiger partial charge in [0.15, 0.2) is 0 Å². The van der Waals surface area contributed by atoms with E-state index in [2.05, 4.69) is 15.6 Å². The maximum atomic E-state index is 12.4. The first-order valence-corrected chi connectivity index (χ1v) is 7.97. The Bertz CT molecular complexity index is 763. The molecule has 2 heterocycles. The van der Waals surface area contributed by atoms with Crippen LogP contribution in [0.5, 0.6) is 0 Å². The molecular weight excluding hydrogens is 330 g/mol. The van der Waals surface area contributed by atoms with E-state index in [0.717, 1.165) is 25.9 Å². The number of carbonyl (C=O) groups excluding carboxylic acids is 1. The largest absolute Gasteiger partial charge is 0.338 e. The van der Waals surface area contributed by atoms with Crippen LogP contribution in [-0.4, -0.2) is 52.0 Å². The fourth-order valence-corrected chi connectivity index (χ4v) is 3.13. The predicted octanol–water partition coefficient (Wildman–Crippen LogP) is 0.814. The zero-order chi connectivity index (χ0) is 16.2. The van der Waals surface area contributed by atoms with Crippen LogP contribution in [0.1, 0.15) is 19.3 Å². The highest BCUT2D eigenvalue weighted by Crippen LogP contribution is 2.17. The van der Waals surface area contributed by atoms with Crippen LogP contribution in [0.2, 0.25) is 0 Å². The van der Waals surface area contributed by atoms with Gasteiger partial charge in [0.25, 0.3) is 5.56 Å². The van der Waals surface area contributed by atoms with Crippen molar-refractivity contribution in [2.24, 2.45) is 0 Å². The Hall–Kier alpha value is -1.99. The fraction of sp³-hybridized carbons (Fsp3) is 0.500. The minimum Gasteiger partial charge on any atom is -0.338 e. The van der Waals surface area contributed by atoms with E-state index in [0.29, 0.717) is 10.9 Å². The number of benzene rings is 1. The van der Waals surface area contributed by atoms with E-state index in [1.807, 2.05) is 18.0 Å². The van der Waals surface area contributed by atoms with Crippen LogP contribution in [0.15, 0.2) is 29.1 Å². The molecule has 0 radical (unpaired) electrons. The first-order chi connectivity index (χ1) is 11.2. The third kappa shape index (κ3) is 3.73. The summed E-state index contributed by atoms with van der Waals surface area (Å²) in [6.45, 7) is 1.86. The molecule has 0 aliphatic carbocycles. The maximum Gasteiger partial charge on any atom is 0.277 e. The van der Waals surface area contributed by atoms with Crippen molar-refractivity contribution < 1.29 is 4.79 Å². The molecule has 0 bridgehead atoms. The molecule has 1 aromatic heterocycles. The van der Waals surface area contributed by atoms with Gasteiger partial charge in [-0.05, 0) is 32.0 Å². The summed E-state index contributed by atoms with van der Waals surface area (Å²) < 4.78 is 1.28. The van der Waals surface area contributed by atoms with Crippen LogP contribution in [0.3, 0.4) is 0 Å². The quantitative estimate of drug-likeness (QED) is 0.862. The molecule has 8 heteroatoms. The normalized spacial score (nSPS) is 17.0. The van der Waals surface area contributed by atoms with E-state index < -0.39 is 0 Å². The number of aryl methyl sites for hydroxylation is 1. The minimum absolute atomic E-state index is 0. The number of nitrogens with zero attached hydrogens (tertiary/aromatic N) is 4. The first-order valence-electron chi connectivity index (χ1n) is 7.97. The third-order valence-corrected chi connectivity index (χ3v) is 4.30. The lowest BCUT2D eigenvalue weighted by molar-refractivity contribution is -0.132. The lowest BCUT2D eigenvalue weighted by atomic mass is 10.2. The number of fused-ring (bicyclic) bond motifs is 1. The molecule has 1 aliphatic rings. The number of rotatable bonds is 5. The summed E-state index contributed by atoms with van der Waals surface area (Å²) in [7, 11) is 1.89. The molecule has 2 aromatic rings. The number of aromatic nitrogens is 3. The van der Waals surface area contributed by atoms with E-state index in [-0.39, 0.29) is 42.9 Å². The van der Waals surface area contributed by atoms with Crippen LogP contribution in [0.25, 0.3) is 10.9 Å². The van der Waals surface area contributed by atoms with Crippen molar-refractivity contribution >= 4 is 29.2 Å². The van der Waals surface area contributed by atoms with Crippen LogP contribution in [0, 0.1) is 0 Å². The van der Waals surface area contributed by atoms with Gasteiger partial charge in [0.1, 0.15) is 5.52 Å². The molecule has 130 valence electrons. The van der Waals surface area contributed by atoms with Gasteiger partial charge in [0.05, 0.1) is 11.9 Å². The van der Waals surface area contributed by atoms with Crippen molar-refractivity contribution in [1.29, 1.82) is 0 Å². The van der Waals surface area contributed by atoms with Crippen LogP contribution < -0.4 is 10.9 Å². The molecule has 24 heavy (non-hydrogen) atoms. The Kier molecular flexibility index (Phi) is 6.28. The van der Waals surface area contributed by atoms with Gasteiger partial charge in [-0.3, -0.25) is 9.59 Å². The molecule has 1 aliphatic heterocycles. The molecule has 1 aromatic carbocycles. The summed E-state index contributed by atoms with van der Waals surface area (Å²) in [5.74, 6) is 0.0737. The molecule has 1 N–H and O–H groups in total. The molecule has 1 atom stereocenters. The Morgan fingerprint density at radius 1 is 1.38 bits per heavy atom. The van der Waals surface area contributed by atoms with Gasteiger partial charge in [-0.25, -0.2) is 4.68 Å². The zero-order valence-corrected chi connectivity index (χ0v) is 14.5. The monoisotopic (exact) mass is 351 g/mol. The lowest BCUT2D eigenvalue weighted by Crippen LogP contribution is -2.41. The number of hydrogen-bond acceptors (Lipinski definition) is 5. The highest BCUT2D eigenvalue weighted by molar-refractivity contribution is 5.85. The van der Waals surface area contributed by atoms with Gasteiger partial charge in [-0.1, -0.05) is 17.3 Å². The Morgan fingerprint density at radius 3 is 2.96 bits per heavy atom. The second-order valence-corrected chi connectivity index (χ2v) is 5.83. The minimum atomic E-state index is -0.198. The molecule has 0 saturated carbocycles. The SMILES string of the molecule is CNCC1CCCN1C(=O)CCn1nnc2ccccc2c1=O.Cl. The predicted molar refractivity (Wildman–Crippen MR) is 94.3 cm³/mol. The van der Waals surface area contributed by atoms with Gasteiger partial charge in [0, 0.05) is 25.6 Å². The lowest BCUT2D eigenvalue weighted by Gasteiger charge is -2.24. The average molecular weight is 352 g/mol. The standard InChI is InChI=1S/C16H21N5O2.ClH/c1-17-11-12-5-4-9-20(12)15(22)8-10-21-16(23)13-6-2-3-7-14(13)18-19-21;/h2-3,6-7,12,17H,4-5,8-11H2,1H3;1H. The van der Waals surface area contributed by atoms with Gasteiger partial charge in [-0.15, -0.1) is 17.5 Å². The van der Waals surface area contributed by atoms with E-state index in [4.69, 9.17) is 0 Å². The van der Waals surface area contributed by atoms with Crippen molar-refractivity contribution in [2.75, 3.05) is 20.1 Å². The van der Waals surface area contributed by atoms with Gasteiger partial charge >= 0.3 is 0 Å². The van der Waals surface area contributed by atoms with Gasteiger partial charge < -0.3 is 10.2 Å². The number of likely N-dealkylation sites (tertiary alicyclic amines) is 1. The summed E-state index contributed by atoms with van der Waals surface area (Å²) >= 11 is 0. The number of likely N-dealkylation sites (N-methyl/N-ethyl adjacent to an activating group) is 1. The molecule has 3 rings (SSSR count). The van der Waals surface area contributed by atoms with Gasteiger partial charge in [-0.2, -0.15) is 0 Å². The van der Waals surface area contributed by atoms with E-state index in [1.165, 1.54) is 4.68 Å². The molecule has 0 spiro atoms. The highest BCUT2D eigenvalue weighted by atomic mass is 35.5. The average Bonchev–Trinajstić information content (AvgIpc) is 3.03. The molecule has 1 unspecified atom stereocenters.